The van der Waals surface area contributed by atoms with Gasteiger partial charge < -0.3 is 24.4 Å². The highest BCUT2D eigenvalue weighted by Gasteiger charge is 2.35. The number of carbonyl (C=O) groups is 2. The summed E-state index contributed by atoms with van der Waals surface area (Å²) in [5, 5.41) is 3.19. The van der Waals surface area contributed by atoms with E-state index in [-0.39, 0.29) is 24.3 Å². The number of hydrogen-bond donors (Lipinski definition) is 1. The minimum absolute atomic E-state index is 0.0515. The lowest BCUT2D eigenvalue weighted by atomic mass is 9.94. The molecule has 1 atom stereocenters. The Bertz CT molecular complexity index is 990. The molecule has 2 aromatic rings. The molecule has 0 saturated heterocycles. The number of benzene rings is 2. The minimum atomic E-state index is -0.470. The van der Waals surface area contributed by atoms with Crippen molar-refractivity contribution in [2.75, 3.05) is 21.3 Å². The Balaban J connectivity index is 1.67. The number of nitrogens with one attached hydrogen (secondary N) is 1. The maximum atomic E-state index is 13.3. The molecular formula is C26H32N2O5. The zero-order valence-corrected chi connectivity index (χ0v) is 19.6. The molecule has 1 saturated carbocycles. The number of nitrogens with zero attached hydrogens (tertiary/aromatic N) is 1. The molecule has 2 aliphatic rings. The Morgan fingerprint density at radius 3 is 2.30 bits per heavy atom. The Hall–Kier alpha value is -3.22. The Morgan fingerprint density at radius 1 is 1.03 bits per heavy atom. The third kappa shape index (κ3) is 4.77. The van der Waals surface area contributed by atoms with E-state index in [1.54, 1.807) is 26.2 Å². The number of fused-ring (bicyclic) bond motifs is 1. The normalized spacial score (nSPS) is 16.8. The zero-order valence-electron chi connectivity index (χ0n) is 19.6. The fourth-order valence-corrected chi connectivity index (χ4v) is 4.94. The number of carbonyl (C=O) groups excluding carboxylic acids is 2. The van der Waals surface area contributed by atoms with Gasteiger partial charge in [0.2, 0.25) is 11.7 Å². The first-order valence-electron chi connectivity index (χ1n) is 11.5. The van der Waals surface area contributed by atoms with Crippen LogP contribution in [0.2, 0.25) is 0 Å². The van der Waals surface area contributed by atoms with Gasteiger partial charge in [-0.25, -0.2) is 0 Å². The number of ether oxygens (including phenoxy) is 3. The van der Waals surface area contributed by atoms with E-state index in [1.807, 2.05) is 36.4 Å². The third-order valence-corrected chi connectivity index (χ3v) is 6.65. The van der Waals surface area contributed by atoms with Crippen LogP contribution in [-0.4, -0.2) is 44.1 Å². The molecule has 1 N–H and O–H groups in total. The van der Waals surface area contributed by atoms with Crippen molar-refractivity contribution in [1.82, 2.24) is 10.2 Å². The SMILES string of the molecule is COc1cc(C(CC(=O)NC2CCCCC2)N2Cc3ccccc3C2=O)cc(OC)c1OC. The van der Waals surface area contributed by atoms with Crippen molar-refractivity contribution in [3.8, 4) is 17.2 Å². The van der Waals surface area contributed by atoms with Crippen molar-refractivity contribution in [3.05, 3.63) is 53.1 Å². The molecule has 2 amide bonds. The molecule has 0 radical (unpaired) electrons. The Morgan fingerprint density at radius 2 is 1.70 bits per heavy atom. The highest BCUT2D eigenvalue weighted by atomic mass is 16.5. The van der Waals surface area contributed by atoms with E-state index < -0.39 is 6.04 Å². The summed E-state index contributed by atoms with van der Waals surface area (Å²) < 4.78 is 16.5. The number of hydrogen-bond acceptors (Lipinski definition) is 5. The molecule has 0 bridgehead atoms. The van der Waals surface area contributed by atoms with Crippen LogP contribution in [0.1, 0.15) is 66.1 Å². The smallest absolute Gasteiger partial charge is 0.255 e. The van der Waals surface area contributed by atoms with Gasteiger partial charge in [0.25, 0.3) is 5.91 Å². The largest absolute Gasteiger partial charge is 0.493 e. The van der Waals surface area contributed by atoms with E-state index in [0.717, 1.165) is 36.8 Å². The van der Waals surface area contributed by atoms with Crippen LogP contribution >= 0.6 is 0 Å². The van der Waals surface area contributed by atoms with E-state index in [2.05, 4.69) is 5.32 Å². The lowest BCUT2D eigenvalue weighted by Gasteiger charge is -2.30. The van der Waals surface area contributed by atoms with E-state index in [4.69, 9.17) is 14.2 Å². The molecule has 2 aromatic carbocycles. The van der Waals surface area contributed by atoms with Crippen molar-refractivity contribution in [1.29, 1.82) is 0 Å². The molecule has 1 heterocycles. The van der Waals surface area contributed by atoms with Gasteiger partial charge in [0.05, 0.1) is 33.8 Å². The standard InChI is InChI=1S/C26H32N2O5/c1-31-22-13-18(14-23(32-2)25(22)33-3)21(15-24(29)27-19-10-5-4-6-11-19)28-16-17-9-7-8-12-20(17)26(28)30/h7-9,12-14,19,21H,4-6,10-11,15-16H2,1-3H3,(H,27,29). The predicted octanol–water partition coefficient (Wildman–Crippen LogP) is 4.25. The molecule has 176 valence electrons. The summed E-state index contributed by atoms with van der Waals surface area (Å²) in [6, 6.07) is 11.0. The maximum Gasteiger partial charge on any atom is 0.255 e. The summed E-state index contributed by atoms with van der Waals surface area (Å²) in [6.07, 6.45) is 5.68. The first kappa shape index (κ1) is 23.0. The summed E-state index contributed by atoms with van der Waals surface area (Å²) in [4.78, 5) is 28.2. The lowest BCUT2D eigenvalue weighted by Crippen LogP contribution is -2.39. The van der Waals surface area contributed by atoms with E-state index in [9.17, 15) is 9.59 Å². The van der Waals surface area contributed by atoms with Crippen LogP contribution in [0.3, 0.4) is 0 Å². The van der Waals surface area contributed by atoms with Crippen LogP contribution in [-0.2, 0) is 11.3 Å². The quantitative estimate of drug-likeness (QED) is 0.648. The molecule has 1 aliphatic heterocycles. The third-order valence-electron chi connectivity index (χ3n) is 6.65. The highest BCUT2D eigenvalue weighted by Crippen LogP contribution is 2.43. The van der Waals surface area contributed by atoms with E-state index >= 15 is 0 Å². The van der Waals surface area contributed by atoms with Crippen molar-refractivity contribution in [2.45, 2.75) is 57.2 Å². The molecule has 1 fully saturated rings. The van der Waals surface area contributed by atoms with Gasteiger partial charge in [-0.2, -0.15) is 0 Å². The predicted molar refractivity (Wildman–Crippen MR) is 125 cm³/mol. The van der Waals surface area contributed by atoms with Gasteiger partial charge in [0.15, 0.2) is 11.5 Å². The summed E-state index contributed by atoms with van der Waals surface area (Å²) >= 11 is 0. The summed E-state index contributed by atoms with van der Waals surface area (Å²) in [7, 11) is 4.67. The highest BCUT2D eigenvalue weighted by molar-refractivity contribution is 5.99. The summed E-state index contributed by atoms with van der Waals surface area (Å²) in [6.45, 7) is 0.451. The Kier molecular flexibility index (Phi) is 7.06. The molecule has 7 nitrogen and oxygen atoms in total. The van der Waals surface area contributed by atoms with Crippen molar-refractivity contribution in [3.63, 3.8) is 0 Å². The van der Waals surface area contributed by atoms with Crippen LogP contribution in [0.15, 0.2) is 36.4 Å². The summed E-state index contributed by atoms with van der Waals surface area (Å²) in [5.41, 5.74) is 2.42. The number of rotatable bonds is 8. The molecule has 1 aliphatic carbocycles. The fourth-order valence-electron chi connectivity index (χ4n) is 4.94. The van der Waals surface area contributed by atoms with Gasteiger partial charge in [-0.1, -0.05) is 37.5 Å². The van der Waals surface area contributed by atoms with Crippen molar-refractivity contribution < 1.29 is 23.8 Å². The van der Waals surface area contributed by atoms with Crippen LogP contribution in [0.25, 0.3) is 0 Å². The second-order valence-electron chi connectivity index (χ2n) is 8.67. The van der Waals surface area contributed by atoms with Gasteiger partial charge in [0, 0.05) is 18.2 Å². The van der Waals surface area contributed by atoms with Gasteiger partial charge in [-0.3, -0.25) is 9.59 Å². The Labute approximate surface area is 195 Å². The molecule has 33 heavy (non-hydrogen) atoms. The second-order valence-corrected chi connectivity index (χ2v) is 8.67. The molecule has 0 spiro atoms. The first-order valence-corrected chi connectivity index (χ1v) is 11.5. The van der Waals surface area contributed by atoms with Gasteiger partial charge in [-0.15, -0.1) is 0 Å². The topological polar surface area (TPSA) is 77.1 Å². The van der Waals surface area contributed by atoms with Gasteiger partial charge >= 0.3 is 0 Å². The fraction of sp³-hybridized carbons (Fsp3) is 0.462. The van der Waals surface area contributed by atoms with Crippen LogP contribution < -0.4 is 19.5 Å². The number of methoxy groups -OCH3 is 3. The van der Waals surface area contributed by atoms with Crippen LogP contribution in [0.5, 0.6) is 17.2 Å². The molecule has 0 aromatic heterocycles. The minimum Gasteiger partial charge on any atom is -0.493 e. The second kappa shape index (κ2) is 10.1. The molecule has 4 rings (SSSR count). The zero-order chi connectivity index (χ0) is 23.4. The van der Waals surface area contributed by atoms with Gasteiger partial charge in [-0.05, 0) is 42.2 Å². The van der Waals surface area contributed by atoms with Gasteiger partial charge in [0.1, 0.15) is 0 Å². The van der Waals surface area contributed by atoms with Crippen molar-refractivity contribution >= 4 is 11.8 Å². The lowest BCUT2D eigenvalue weighted by molar-refractivity contribution is -0.123. The average molecular weight is 453 g/mol. The van der Waals surface area contributed by atoms with Crippen LogP contribution in [0, 0.1) is 0 Å². The monoisotopic (exact) mass is 452 g/mol. The maximum absolute atomic E-state index is 13.3. The molecular weight excluding hydrogens is 420 g/mol. The summed E-state index contributed by atoms with van der Waals surface area (Å²) in [5.74, 6) is 1.34. The first-order chi connectivity index (χ1) is 16.0. The van der Waals surface area contributed by atoms with E-state index in [0.29, 0.717) is 29.4 Å². The average Bonchev–Trinajstić information content (AvgIpc) is 3.18. The van der Waals surface area contributed by atoms with Crippen LogP contribution in [0.4, 0.5) is 0 Å². The number of amides is 2. The van der Waals surface area contributed by atoms with E-state index in [1.165, 1.54) is 6.42 Å². The molecule has 7 heteroatoms. The van der Waals surface area contributed by atoms with Crippen molar-refractivity contribution in [2.24, 2.45) is 0 Å². The molecule has 1 unspecified atom stereocenters.